The highest BCUT2D eigenvalue weighted by molar-refractivity contribution is 6.08. The number of pyridine rings is 1. The summed E-state index contributed by atoms with van der Waals surface area (Å²) in [6.07, 6.45) is 2.33. The predicted octanol–water partition coefficient (Wildman–Crippen LogP) is 1.80. The first-order chi connectivity index (χ1) is 16.0. The van der Waals surface area contributed by atoms with Crippen LogP contribution >= 0.6 is 0 Å². The summed E-state index contributed by atoms with van der Waals surface area (Å²) in [6.45, 7) is 3.52. The van der Waals surface area contributed by atoms with Gasteiger partial charge in [-0.2, -0.15) is 5.26 Å². The fourth-order valence-corrected chi connectivity index (χ4v) is 4.19. The lowest BCUT2D eigenvalue weighted by atomic mass is 10.1. The Labute approximate surface area is 188 Å². The molecule has 0 saturated carbocycles. The molecule has 1 aliphatic rings. The van der Waals surface area contributed by atoms with Crippen LogP contribution in [0.5, 0.6) is 0 Å². The smallest absolute Gasteiger partial charge is 0.257 e. The summed E-state index contributed by atoms with van der Waals surface area (Å²) in [4.78, 5) is 24.6. The quantitative estimate of drug-likeness (QED) is 0.478. The number of carbonyl (C=O) groups excluding carboxylic acids is 1. The lowest BCUT2D eigenvalue weighted by Gasteiger charge is -2.17. The topological polar surface area (TPSA) is 166 Å². The van der Waals surface area contributed by atoms with Gasteiger partial charge in [-0.05, 0) is 35.8 Å². The van der Waals surface area contributed by atoms with Crippen LogP contribution in [0.3, 0.4) is 0 Å². The maximum atomic E-state index is 13.5. The van der Waals surface area contributed by atoms with Crippen molar-refractivity contribution in [1.29, 1.82) is 5.26 Å². The molecule has 0 aliphatic carbocycles. The highest BCUT2D eigenvalue weighted by atomic mass is 16.6. The van der Waals surface area contributed by atoms with E-state index >= 15 is 0 Å². The van der Waals surface area contributed by atoms with Crippen molar-refractivity contribution in [2.45, 2.75) is 25.9 Å². The van der Waals surface area contributed by atoms with Crippen molar-refractivity contribution in [3.05, 3.63) is 41.6 Å². The normalized spacial score (nSPS) is 15.8. The average Bonchev–Trinajstić information content (AvgIpc) is 3.55. The van der Waals surface area contributed by atoms with Crippen molar-refractivity contribution in [1.82, 2.24) is 29.7 Å². The van der Waals surface area contributed by atoms with Crippen molar-refractivity contribution in [3.8, 4) is 28.8 Å². The van der Waals surface area contributed by atoms with E-state index < -0.39 is 0 Å². The summed E-state index contributed by atoms with van der Waals surface area (Å²) >= 11 is 0. The molecule has 0 bridgehead atoms. The monoisotopic (exact) mass is 443 g/mol. The Morgan fingerprint density at radius 1 is 1.27 bits per heavy atom. The number of anilines is 1. The SMILES string of the molecule is CCn1c(-c2nonc2N)nc2c(-c3ccc(C#N)cc3)ncc(C(=O)N3CCC(N)C3)c21. The van der Waals surface area contributed by atoms with Gasteiger partial charge in [-0.1, -0.05) is 12.1 Å². The summed E-state index contributed by atoms with van der Waals surface area (Å²) in [7, 11) is 0. The number of hydrogen-bond acceptors (Lipinski definition) is 9. The number of hydrogen-bond donors (Lipinski definition) is 2. The minimum absolute atomic E-state index is 0.0389. The van der Waals surface area contributed by atoms with Gasteiger partial charge in [0.25, 0.3) is 5.91 Å². The Balaban J connectivity index is 1.76. The van der Waals surface area contributed by atoms with Gasteiger partial charge in [-0.3, -0.25) is 9.78 Å². The molecule has 1 saturated heterocycles. The van der Waals surface area contributed by atoms with Crippen LogP contribution in [0.1, 0.15) is 29.3 Å². The molecular formula is C22H21N9O2. The third kappa shape index (κ3) is 3.37. The Bertz CT molecular complexity index is 1400. The van der Waals surface area contributed by atoms with E-state index in [0.717, 1.165) is 12.0 Å². The highest BCUT2D eigenvalue weighted by Gasteiger charge is 2.30. The van der Waals surface area contributed by atoms with Crippen molar-refractivity contribution in [2.75, 3.05) is 18.8 Å². The molecule has 5 rings (SSSR count). The zero-order valence-corrected chi connectivity index (χ0v) is 17.9. The van der Waals surface area contributed by atoms with Gasteiger partial charge < -0.3 is 20.9 Å². The molecule has 0 radical (unpaired) electrons. The molecule has 1 aliphatic heterocycles. The molecule has 4 N–H and O–H groups in total. The number of carbonyl (C=O) groups is 1. The molecule has 1 atom stereocenters. The molecule has 1 aromatic carbocycles. The molecule has 4 heterocycles. The van der Waals surface area contributed by atoms with Crippen molar-refractivity contribution >= 4 is 22.8 Å². The Kier molecular flexibility index (Phi) is 4.99. The van der Waals surface area contributed by atoms with E-state index in [2.05, 4.69) is 21.4 Å². The highest BCUT2D eigenvalue weighted by Crippen LogP contribution is 2.34. The van der Waals surface area contributed by atoms with Crippen molar-refractivity contribution in [3.63, 3.8) is 0 Å². The number of fused-ring (bicyclic) bond motifs is 1. The molecule has 1 fully saturated rings. The van der Waals surface area contributed by atoms with Crippen LogP contribution in [0, 0.1) is 11.3 Å². The second-order valence-electron chi connectivity index (χ2n) is 7.88. The molecule has 4 aromatic rings. The second kappa shape index (κ2) is 7.99. The molecule has 3 aromatic heterocycles. The van der Waals surface area contributed by atoms with Crippen LogP contribution in [0.4, 0.5) is 5.82 Å². The van der Waals surface area contributed by atoms with Gasteiger partial charge >= 0.3 is 0 Å². The maximum absolute atomic E-state index is 13.5. The van der Waals surface area contributed by atoms with Crippen LogP contribution < -0.4 is 11.5 Å². The Morgan fingerprint density at radius 2 is 2.06 bits per heavy atom. The number of rotatable bonds is 4. The van der Waals surface area contributed by atoms with E-state index in [9.17, 15) is 4.79 Å². The molecule has 1 unspecified atom stereocenters. The number of likely N-dealkylation sites (tertiary alicyclic amines) is 1. The average molecular weight is 443 g/mol. The first kappa shape index (κ1) is 20.6. The summed E-state index contributed by atoms with van der Waals surface area (Å²) in [5.41, 5.74) is 15.7. The zero-order valence-electron chi connectivity index (χ0n) is 17.9. The molecule has 166 valence electrons. The molecule has 11 nitrogen and oxygen atoms in total. The lowest BCUT2D eigenvalue weighted by molar-refractivity contribution is 0.0792. The van der Waals surface area contributed by atoms with Crippen LogP contribution in [-0.2, 0) is 6.54 Å². The molecule has 33 heavy (non-hydrogen) atoms. The van der Waals surface area contributed by atoms with E-state index in [1.165, 1.54) is 0 Å². The lowest BCUT2D eigenvalue weighted by Crippen LogP contribution is -2.32. The van der Waals surface area contributed by atoms with Crippen molar-refractivity contribution in [2.24, 2.45) is 5.73 Å². The van der Waals surface area contributed by atoms with Crippen LogP contribution in [-0.4, -0.2) is 54.8 Å². The number of nitrogens with zero attached hydrogens (tertiary/aromatic N) is 7. The number of nitrogen functional groups attached to an aromatic ring is 1. The first-order valence-corrected chi connectivity index (χ1v) is 10.5. The number of imidazole rings is 1. The number of nitriles is 1. The van der Waals surface area contributed by atoms with Crippen LogP contribution in [0.2, 0.25) is 0 Å². The van der Waals surface area contributed by atoms with Gasteiger partial charge in [0.15, 0.2) is 17.3 Å². The number of nitrogens with two attached hydrogens (primary N) is 2. The molecule has 0 spiro atoms. The third-order valence-corrected chi connectivity index (χ3v) is 5.84. The van der Waals surface area contributed by atoms with Gasteiger partial charge in [-0.15, -0.1) is 0 Å². The fraction of sp³-hybridized carbons (Fsp3) is 0.273. The number of amides is 1. The zero-order chi connectivity index (χ0) is 23.1. The number of aromatic nitrogens is 5. The van der Waals surface area contributed by atoms with E-state index in [0.29, 0.717) is 59.0 Å². The van der Waals surface area contributed by atoms with E-state index in [1.807, 2.05) is 11.5 Å². The minimum atomic E-state index is -0.153. The third-order valence-electron chi connectivity index (χ3n) is 5.84. The molecule has 11 heteroatoms. The van der Waals surface area contributed by atoms with Gasteiger partial charge in [-0.25, -0.2) is 9.61 Å². The Hall–Kier alpha value is -4.30. The van der Waals surface area contributed by atoms with E-state index in [1.54, 1.807) is 35.4 Å². The van der Waals surface area contributed by atoms with E-state index in [-0.39, 0.29) is 17.8 Å². The standard InChI is InChI=1S/C22H21N9O2/c1-2-31-19-15(22(32)30-8-7-14(24)11-30)10-26-16(13-5-3-12(9-23)4-6-13)17(19)27-21(31)18-20(25)29-33-28-18/h3-6,10,14H,2,7-8,11,24H2,1H3,(H2,25,29). The minimum Gasteiger partial charge on any atom is -0.379 e. The molecular weight excluding hydrogens is 422 g/mol. The van der Waals surface area contributed by atoms with Gasteiger partial charge in [0, 0.05) is 37.4 Å². The van der Waals surface area contributed by atoms with Gasteiger partial charge in [0.05, 0.1) is 28.4 Å². The molecule has 1 amide bonds. The van der Waals surface area contributed by atoms with Crippen molar-refractivity contribution < 1.29 is 9.42 Å². The van der Waals surface area contributed by atoms with Crippen LogP contribution in [0.25, 0.3) is 33.8 Å². The first-order valence-electron chi connectivity index (χ1n) is 10.5. The van der Waals surface area contributed by atoms with Gasteiger partial charge in [0.2, 0.25) is 0 Å². The van der Waals surface area contributed by atoms with Crippen LogP contribution in [0.15, 0.2) is 35.1 Å². The fourth-order valence-electron chi connectivity index (χ4n) is 4.19. The Morgan fingerprint density at radius 3 is 2.67 bits per heavy atom. The second-order valence-corrected chi connectivity index (χ2v) is 7.88. The number of benzene rings is 1. The largest absolute Gasteiger partial charge is 0.379 e. The maximum Gasteiger partial charge on any atom is 0.257 e. The van der Waals surface area contributed by atoms with Gasteiger partial charge in [0.1, 0.15) is 5.52 Å². The summed E-state index contributed by atoms with van der Waals surface area (Å²) < 4.78 is 6.66. The predicted molar refractivity (Wildman–Crippen MR) is 120 cm³/mol. The summed E-state index contributed by atoms with van der Waals surface area (Å²) in [5.74, 6) is 0.381. The van der Waals surface area contributed by atoms with E-state index in [4.69, 9.17) is 26.3 Å². The summed E-state index contributed by atoms with van der Waals surface area (Å²) in [6, 6.07) is 9.10. The number of aryl methyl sites for hydroxylation is 1. The summed E-state index contributed by atoms with van der Waals surface area (Å²) in [5, 5.41) is 16.7.